The largest absolute Gasteiger partial charge is 0.491 e. The number of aryl methyl sites for hydroxylation is 1. The summed E-state index contributed by atoms with van der Waals surface area (Å²) < 4.78 is 12.1. The third-order valence-corrected chi connectivity index (χ3v) is 4.16. The lowest BCUT2D eigenvalue weighted by Gasteiger charge is -2.08. The minimum absolute atomic E-state index is 0.0648. The number of aliphatic hydroxyl groups is 1. The summed E-state index contributed by atoms with van der Waals surface area (Å²) in [6, 6.07) is 8.96. The van der Waals surface area contributed by atoms with Crippen LogP contribution in [-0.4, -0.2) is 38.7 Å². The summed E-state index contributed by atoms with van der Waals surface area (Å²) in [6.45, 7) is 5.94. The van der Waals surface area contributed by atoms with Crippen molar-refractivity contribution in [3.63, 3.8) is 0 Å². The van der Waals surface area contributed by atoms with Crippen LogP contribution >= 0.6 is 0 Å². The Balaban J connectivity index is 0.000000343. The number of amides is 1. The highest BCUT2D eigenvalue weighted by atomic mass is 16.5. The van der Waals surface area contributed by atoms with Gasteiger partial charge < -0.3 is 20.1 Å². The quantitative estimate of drug-likeness (QED) is 0.611. The van der Waals surface area contributed by atoms with Crippen LogP contribution in [0.5, 0.6) is 5.75 Å². The van der Waals surface area contributed by atoms with Gasteiger partial charge in [0, 0.05) is 17.5 Å². The average molecular weight is 394 g/mol. The maximum atomic E-state index is 11.4. The fourth-order valence-electron chi connectivity index (χ4n) is 2.71. The van der Waals surface area contributed by atoms with Crippen LogP contribution in [0.25, 0.3) is 5.69 Å². The van der Waals surface area contributed by atoms with E-state index < -0.39 is 12.0 Å². The third-order valence-electron chi connectivity index (χ3n) is 4.16. The molecule has 150 valence electrons. The summed E-state index contributed by atoms with van der Waals surface area (Å²) in [5.74, 6) is 6.62. The highest BCUT2D eigenvalue weighted by Crippen LogP contribution is 2.32. The Labute approximate surface area is 168 Å². The van der Waals surface area contributed by atoms with Gasteiger partial charge in [-0.15, -0.1) is 0 Å². The summed E-state index contributed by atoms with van der Waals surface area (Å²) in [7, 11) is 0. The lowest BCUT2D eigenvalue weighted by molar-refractivity contribution is 0.0995. The van der Waals surface area contributed by atoms with Gasteiger partial charge in [-0.3, -0.25) is 4.79 Å². The Hall–Kier alpha value is -3.57. The molecule has 8 heteroatoms. The van der Waals surface area contributed by atoms with Gasteiger partial charge >= 0.3 is 0 Å². The van der Waals surface area contributed by atoms with Gasteiger partial charge in [-0.25, -0.2) is 4.68 Å². The Kier molecular flexibility index (Phi) is 6.00. The molecule has 1 amide bonds. The van der Waals surface area contributed by atoms with Gasteiger partial charge in [0.05, 0.1) is 18.5 Å². The van der Waals surface area contributed by atoms with Crippen molar-refractivity contribution in [1.82, 2.24) is 14.9 Å². The predicted octanol–water partition coefficient (Wildman–Crippen LogP) is 2.18. The highest BCUT2D eigenvalue weighted by Gasteiger charge is 2.24. The zero-order valence-electron chi connectivity index (χ0n) is 16.4. The van der Waals surface area contributed by atoms with Crippen molar-refractivity contribution >= 4 is 5.91 Å². The lowest BCUT2D eigenvalue weighted by atomic mass is 10.1. The van der Waals surface area contributed by atoms with Crippen molar-refractivity contribution in [1.29, 1.82) is 0 Å². The molecule has 3 aromatic rings. The zero-order chi connectivity index (χ0) is 21.0. The van der Waals surface area contributed by atoms with Crippen molar-refractivity contribution in [2.45, 2.75) is 32.8 Å². The Bertz CT molecular complexity index is 1060. The first-order valence-corrected chi connectivity index (χ1v) is 9.09. The van der Waals surface area contributed by atoms with Gasteiger partial charge in [0.2, 0.25) is 0 Å². The van der Waals surface area contributed by atoms with Gasteiger partial charge in [-0.05, 0) is 38.1 Å². The number of carbonyl (C=O) groups excluding carboxylic acids is 1. The number of ether oxygens (including phenoxy) is 1. The van der Waals surface area contributed by atoms with Crippen LogP contribution < -0.4 is 10.5 Å². The Morgan fingerprint density at radius 2 is 2.17 bits per heavy atom. The molecule has 0 saturated carbocycles. The van der Waals surface area contributed by atoms with Gasteiger partial charge in [0.15, 0.2) is 5.69 Å². The molecule has 0 radical (unpaired) electrons. The fraction of sp³-hybridized carbons (Fsp3) is 0.286. The summed E-state index contributed by atoms with van der Waals surface area (Å²) >= 11 is 0. The normalized spacial score (nSPS) is 15.2. The van der Waals surface area contributed by atoms with Crippen molar-refractivity contribution in [3.05, 3.63) is 59.2 Å². The van der Waals surface area contributed by atoms with Crippen LogP contribution in [0.2, 0.25) is 0 Å². The van der Waals surface area contributed by atoms with E-state index in [0.717, 1.165) is 17.0 Å². The fourth-order valence-corrected chi connectivity index (χ4v) is 2.71. The standard InChI is InChI=1S/C17H17N3O3.C4H5NO/c1-10-9-23-16-6-5-12(4-3-11(2)21)7-15(16)20-14(10)8-13(19-20)17(18)22;1-4-2-3-5-6-4/h5-8,10-11,21H,9H2,1-2H3,(H2,18,22);2-3H,1H3/t10-,11?;/m0./s1. The smallest absolute Gasteiger partial charge is 0.269 e. The van der Waals surface area contributed by atoms with Crippen LogP contribution in [0.3, 0.4) is 0 Å². The van der Waals surface area contributed by atoms with Crippen LogP contribution in [0.15, 0.2) is 41.1 Å². The molecule has 3 N–H and O–H groups in total. The minimum Gasteiger partial charge on any atom is -0.491 e. The molecule has 2 aromatic heterocycles. The first kappa shape index (κ1) is 20.2. The number of aliphatic hydroxyl groups excluding tert-OH is 1. The van der Waals surface area contributed by atoms with E-state index in [1.807, 2.05) is 32.0 Å². The molecule has 1 aromatic carbocycles. The van der Waals surface area contributed by atoms with E-state index in [-0.39, 0.29) is 11.6 Å². The molecule has 0 spiro atoms. The Morgan fingerprint density at radius 3 is 2.76 bits per heavy atom. The number of nitrogens with zero attached hydrogens (tertiary/aromatic N) is 3. The zero-order valence-corrected chi connectivity index (χ0v) is 16.4. The number of hydrogen-bond donors (Lipinski definition) is 2. The van der Waals surface area contributed by atoms with E-state index in [2.05, 4.69) is 26.6 Å². The molecule has 3 heterocycles. The van der Waals surface area contributed by atoms with Gasteiger partial charge in [0.25, 0.3) is 5.91 Å². The van der Waals surface area contributed by atoms with Crippen molar-refractivity contribution in [2.75, 3.05) is 6.61 Å². The number of rotatable bonds is 1. The van der Waals surface area contributed by atoms with E-state index in [0.29, 0.717) is 18.0 Å². The summed E-state index contributed by atoms with van der Waals surface area (Å²) in [6.07, 6.45) is 0.918. The maximum Gasteiger partial charge on any atom is 0.269 e. The van der Waals surface area contributed by atoms with E-state index in [9.17, 15) is 9.90 Å². The molecule has 1 aliphatic heterocycles. The molecule has 0 aliphatic carbocycles. The summed E-state index contributed by atoms with van der Waals surface area (Å²) in [5, 5.41) is 17.0. The molecule has 1 unspecified atom stereocenters. The number of nitrogens with two attached hydrogens (primary N) is 1. The first-order valence-electron chi connectivity index (χ1n) is 9.09. The van der Waals surface area contributed by atoms with Crippen LogP contribution in [0.1, 0.15) is 47.3 Å². The number of benzene rings is 1. The summed E-state index contributed by atoms with van der Waals surface area (Å²) in [5.41, 5.74) is 7.86. The second-order valence-corrected chi connectivity index (χ2v) is 6.69. The van der Waals surface area contributed by atoms with Gasteiger partial charge in [-0.1, -0.05) is 23.9 Å². The molecule has 4 rings (SSSR count). The molecule has 8 nitrogen and oxygen atoms in total. The first-order chi connectivity index (χ1) is 13.8. The average Bonchev–Trinajstić information content (AvgIpc) is 3.32. The number of hydrogen-bond acceptors (Lipinski definition) is 6. The molecular formula is C21H22N4O4. The molecule has 0 saturated heterocycles. The molecular weight excluding hydrogens is 372 g/mol. The second-order valence-electron chi connectivity index (χ2n) is 6.69. The SMILES string of the molecule is CC(O)C#Cc1ccc2c(c1)-n1nc(C(N)=O)cc1[C@@H](C)CO2.Cc1ccno1. The highest BCUT2D eigenvalue weighted by molar-refractivity contribution is 5.91. The number of primary amides is 1. The molecule has 0 bridgehead atoms. The minimum atomic E-state index is -0.702. The summed E-state index contributed by atoms with van der Waals surface area (Å²) in [4.78, 5) is 11.4. The number of carbonyl (C=O) groups is 1. The van der Waals surface area contributed by atoms with Crippen LogP contribution in [-0.2, 0) is 0 Å². The van der Waals surface area contributed by atoms with E-state index in [1.54, 1.807) is 29.9 Å². The Morgan fingerprint density at radius 1 is 1.38 bits per heavy atom. The second kappa shape index (κ2) is 8.63. The van der Waals surface area contributed by atoms with Gasteiger partial charge in [0.1, 0.15) is 23.3 Å². The maximum absolute atomic E-state index is 11.4. The van der Waals surface area contributed by atoms with Crippen LogP contribution in [0, 0.1) is 18.8 Å². The number of fused-ring (bicyclic) bond motifs is 3. The van der Waals surface area contributed by atoms with Crippen molar-refractivity contribution in [2.24, 2.45) is 5.73 Å². The third kappa shape index (κ3) is 4.83. The van der Waals surface area contributed by atoms with E-state index in [4.69, 9.17) is 10.5 Å². The molecule has 29 heavy (non-hydrogen) atoms. The van der Waals surface area contributed by atoms with E-state index >= 15 is 0 Å². The molecule has 1 aliphatic rings. The predicted molar refractivity (Wildman–Crippen MR) is 106 cm³/mol. The van der Waals surface area contributed by atoms with Crippen molar-refractivity contribution in [3.8, 4) is 23.3 Å². The molecule has 2 atom stereocenters. The number of aromatic nitrogens is 3. The van der Waals surface area contributed by atoms with Crippen LogP contribution in [0.4, 0.5) is 0 Å². The monoisotopic (exact) mass is 394 g/mol. The van der Waals surface area contributed by atoms with E-state index in [1.165, 1.54) is 0 Å². The molecule has 0 fully saturated rings. The van der Waals surface area contributed by atoms with Crippen molar-refractivity contribution < 1.29 is 19.2 Å². The van der Waals surface area contributed by atoms with Gasteiger partial charge in [-0.2, -0.15) is 5.10 Å². The topological polar surface area (TPSA) is 116 Å². The lowest BCUT2D eigenvalue weighted by Crippen LogP contribution is -2.12.